The van der Waals surface area contributed by atoms with E-state index in [1.54, 1.807) is 6.20 Å². The molecule has 0 aliphatic carbocycles. The van der Waals surface area contributed by atoms with Crippen LogP contribution in [0.2, 0.25) is 0 Å². The minimum Gasteiger partial charge on any atom is -0.391 e. The Kier molecular flexibility index (Phi) is 3.19. The van der Waals surface area contributed by atoms with Gasteiger partial charge in [-0.05, 0) is 6.42 Å². The highest BCUT2D eigenvalue weighted by atomic mass is 16.3. The topological polar surface area (TPSA) is 71.2 Å². The molecule has 0 unspecified atom stereocenters. The Morgan fingerprint density at radius 1 is 1.67 bits per heavy atom. The van der Waals surface area contributed by atoms with Gasteiger partial charge in [0, 0.05) is 0 Å². The average molecular weight is 171 g/mol. The first-order valence-electron chi connectivity index (χ1n) is 3.94. The number of nitrogens with zero attached hydrogens (tertiary/aromatic N) is 3. The summed E-state index contributed by atoms with van der Waals surface area (Å²) in [5, 5.41) is 25.3. The monoisotopic (exact) mass is 171 g/mol. The summed E-state index contributed by atoms with van der Waals surface area (Å²) in [7, 11) is 0. The van der Waals surface area contributed by atoms with Gasteiger partial charge in [0.1, 0.15) is 5.69 Å². The third-order valence-electron chi connectivity index (χ3n) is 1.62. The highest BCUT2D eigenvalue weighted by molar-refractivity contribution is 4.88. The van der Waals surface area contributed by atoms with Gasteiger partial charge in [-0.3, -0.25) is 0 Å². The normalized spacial score (nSPS) is 13.2. The van der Waals surface area contributed by atoms with Gasteiger partial charge in [0.2, 0.25) is 0 Å². The van der Waals surface area contributed by atoms with Crippen molar-refractivity contribution in [2.45, 2.75) is 32.6 Å². The number of aliphatic hydroxyl groups excluding tert-OH is 2. The Balaban J connectivity index is 2.52. The smallest absolute Gasteiger partial charge is 0.108 e. The number of aromatic nitrogens is 3. The molecule has 0 aliphatic rings. The third-order valence-corrected chi connectivity index (χ3v) is 1.62. The second-order valence-corrected chi connectivity index (χ2v) is 2.65. The minimum absolute atomic E-state index is 0.109. The molecule has 0 saturated heterocycles. The molecule has 1 aromatic heterocycles. The van der Waals surface area contributed by atoms with E-state index in [1.807, 2.05) is 6.92 Å². The Bertz CT molecular complexity index is 236. The molecule has 0 spiro atoms. The summed E-state index contributed by atoms with van der Waals surface area (Å²) in [4.78, 5) is 0. The lowest BCUT2D eigenvalue weighted by Gasteiger charge is -2.05. The summed E-state index contributed by atoms with van der Waals surface area (Å²) in [6, 6.07) is 0. The summed E-state index contributed by atoms with van der Waals surface area (Å²) in [6.07, 6.45) is 1.92. The lowest BCUT2D eigenvalue weighted by Crippen LogP contribution is -2.15. The van der Waals surface area contributed by atoms with E-state index >= 15 is 0 Å². The van der Waals surface area contributed by atoms with Crippen LogP contribution < -0.4 is 0 Å². The molecule has 1 rings (SSSR count). The average Bonchev–Trinajstić information content (AvgIpc) is 2.52. The van der Waals surface area contributed by atoms with E-state index in [0.29, 0.717) is 18.7 Å². The molecule has 1 atom stereocenters. The summed E-state index contributed by atoms with van der Waals surface area (Å²) in [5.41, 5.74) is 0.526. The molecule has 5 heteroatoms. The van der Waals surface area contributed by atoms with Crippen LogP contribution in [0, 0.1) is 0 Å². The van der Waals surface area contributed by atoms with Gasteiger partial charge in [-0.15, -0.1) is 5.10 Å². The van der Waals surface area contributed by atoms with Crippen molar-refractivity contribution in [3.63, 3.8) is 0 Å². The van der Waals surface area contributed by atoms with Crippen LogP contribution >= 0.6 is 0 Å². The van der Waals surface area contributed by atoms with Crippen LogP contribution in [0.25, 0.3) is 0 Å². The molecule has 1 heterocycles. The Morgan fingerprint density at radius 3 is 2.92 bits per heavy atom. The van der Waals surface area contributed by atoms with Gasteiger partial charge in [-0.25, -0.2) is 4.68 Å². The molecule has 0 radical (unpaired) electrons. The molecular formula is C7H13N3O2. The first kappa shape index (κ1) is 9.15. The SMILES string of the molecule is CC[C@H](O)Cn1cc(CO)nn1. The van der Waals surface area contributed by atoms with Crippen molar-refractivity contribution in [2.24, 2.45) is 0 Å². The van der Waals surface area contributed by atoms with Gasteiger partial charge >= 0.3 is 0 Å². The fraction of sp³-hybridized carbons (Fsp3) is 0.714. The standard InChI is InChI=1S/C7H13N3O2/c1-2-7(12)4-10-3-6(5-11)8-9-10/h3,7,11-12H,2,4-5H2,1H3/t7-/m0/s1. The zero-order chi connectivity index (χ0) is 8.97. The van der Waals surface area contributed by atoms with Gasteiger partial charge in [0.15, 0.2) is 0 Å². The van der Waals surface area contributed by atoms with Crippen molar-refractivity contribution < 1.29 is 10.2 Å². The molecule has 2 N–H and O–H groups in total. The maximum atomic E-state index is 9.24. The largest absolute Gasteiger partial charge is 0.391 e. The molecule has 0 aliphatic heterocycles. The second kappa shape index (κ2) is 4.18. The summed E-state index contributed by atoms with van der Waals surface area (Å²) in [6.45, 7) is 2.22. The van der Waals surface area contributed by atoms with Crippen LogP contribution in [0.15, 0.2) is 6.20 Å². The fourth-order valence-corrected chi connectivity index (χ4v) is 0.845. The van der Waals surface area contributed by atoms with Crippen molar-refractivity contribution in [2.75, 3.05) is 0 Å². The van der Waals surface area contributed by atoms with E-state index in [2.05, 4.69) is 10.3 Å². The van der Waals surface area contributed by atoms with Crippen molar-refractivity contribution in [3.8, 4) is 0 Å². The summed E-state index contributed by atoms with van der Waals surface area (Å²) >= 11 is 0. The predicted molar refractivity (Wildman–Crippen MR) is 42.2 cm³/mol. The maximum absolute atomic E-state index is 9.24. The Morgan fingerprint density at radius 2 is 2.42 bits per heavy atom. The van der Waals surface area contributed by atoms with E-state index < -0.39 is 6.10 Å². The Hall–Kier alpha value is -0.940. The van der Waals surface area contributed by atoms with Gasteiger partial charge < -0.3 is 10.2 Å². The van der Waals surface area contributed by atoms with E-state index in [-0.39, 0.29) is 6.61 Å². The van der Waals surface area contributed by atoms with Crippen LogP contribution in [-0.2, 0) is 13.2 Å². The lowest BCUT2D eigenvalue weighted by molar-refractivity contribution is 0.144. The molecule has 68 valence electrons. The van der Waals surface area contributed by atoms with Gasteiger partial charge in [-0.2, -0.15) is 0 Å². The summed E-state index contributed by atoms with van der Waals surface area (Å²) < 4.78 is 1.53. The van der Waals surface area contributed by atoms with E-state index in [4.69, 9.17) is 5.11 Å². The fourth-order valence-electron chi connectivity index (χ4n) is 0.845. The number of hydrogen-bond donors (Lipinski definition) is 2. The van der Waals surface area contributed by atoms with Crippen molar-refractivity contribution in [1.82, 2.24) is 15.0 Å². The molecule has 0 aromatic carbocycles. The van der Waals surface area contributed by atoms with Gasteiger partial charge in [0.25, 0.3) is 0 Å². The van der Waals surface area contributed by atoms with Crippen LogP contribution in [-0.4, -0.2) is 31.3 Å². The minimum atomic E-state index is -0.391. The van der Waals surface area contributed by atoms with Crippen LogP contribution in [0.4, 0.5) is 0 Å². The molecular weight excluding hydrogens is 158 g/mol. The van der Waals surface area contributed by atoms with Crippen LogP contribution in [0.5, 0.6) is 0 Å². The lowest BCUT2D eigenvalue weighted by atomic mass is 10.3. The number of hydrogen-bond acceptors (Lipinski definition) is 4. The van der Waals surface area contributed by atoms with E-state index in [0.717, 1.165) is 0 Å². The zero-order valence-electron chi connectivity index (χ0n) is 7.01. The highest BCUT2D eigenvalue weighted by Gasteiger charge is 2.04. The van der Waals surface area contributed by atoms with Crippen molar-refractivity contribution in [1.29, 1.82) is 0 Å². The molecule has 1 aromatic rings. The maximum Gasteiger partial charge on any atom is 0.108 e. The first-order chi connectivity index (χ1) is 5.76. The number of rotatable bonds is 4. The zero-order valence-corrected chi connectivity index (χ0v) is 7.01. The van der Waals surface area contributed by atoms with E-state index in [9.17, 15) is 5.11 Å². The molecule has 0 bridgehead atoms. The van der Waals surface area contributed by atoms with Gasteiger partial charge in [0.05, 0.1) is 25.5 Å². The third kappa shape index (κ3) is 2.28. The highest BCUT2D eigenvalue weighted by Crippen LogP contribution is 1.97. The molecule has 12 heavy (non-hydrogen) atoms. The first-order valence-corrected chi connectivity index (χ1v) is 3.94. The molecule has 0 amide bonds. The summed E-state index contributed by atoms with van der Waals surface area (Å²) in [5.74, 6) is 0. The number of aliphatic hydroxyl groups is 2. The van der Waals surface area contributed by atoms with E-state index in [1.165, 1.54) is 4.68 Å². The molecule has 0 saturated carbocycles. The predicted octanol–water partition coefficient (Wildman–Crippen LogP) is -0.459. The molecule has 5 nitrogen and oxygen atoms in total. The van der Waals surface area contributed by atoms with Gasteiger partial charge in [-0.1, -0.05) is 12.1 Å². The van der Waals surface area contributed by atoms with Crippen molar-refractivity contribution >= 4 is 0 Å². The van der Waals surface area contributed by atoms with Crippen LogP contribution in [0.3, 0.4) is 0 Å². The quantitative estimate of drug-likeness (QED) is 0.643. The Labute approximate surface area is 70.6 Å². The van der Waals surface area contributed by atoms with Crippen molar-refractivity contribution in [3.05, 3.63) is 11.9 Å². The van der Waals surface area contributed by atoms with Crippen LogP contribution in [0.1, 0.15) is 19.0 Å². The molecule has 0 fully saturated rings. The second-order valence-electron chi connectivity index (χ2n) is 2.65.